The van der Waals surface area contributed by atoms with Crippen LogP contribution in [0.5, 0.6) is 0 Å². The smallest absolute Gasteiger partial charge is 0.177 e. The Bertz CT molecular complexity index is 1030. The minimum absolute atomic E-state index is 0. The minimum atomic E-state index is -0.339. The Kier molecular flexibility index (Phi) is 6.54. The molecule has 0 fully saturated rings. The van der Waals surface area contributed by atoms with Crippen molar-refractivity contribution in [2.45, 2.75) is 25.3 Å². The van der Waals surface area contributed by atoms with Gasteiger partial charge in [0.05, 0.1) is 10.4 Å². The van der Waals surface area contributed by atoms with Gasteiger partial charge in [0.1, 0.15) is 0 Å². The van der Waals surface area contributed by atoms with Crippen LogP contribution >= 0.6 is 51.4 Å². The Morgan fingerprint density at radius 2 is 2.04 bits per heavy atom. The molecule has 146 valence electrons. The Morgan fingerprint density at radius 3 is 2.79 bits per heavy atom. The minimum Gasteiger partial charge on any atom is -0.379 e. The van der Waals surface area contributed by atoms with Crippen molar-refractivity contribution in [2.75, 3.05) is 5.75 Å². The summed E-state index contributed by atoms with van der Waals surface area (Å²) in [5, 5.41) is 1.75. The van der Waals surface area contributed by atoms with Crippen molar-refractivity contribution in [3.05, 3.63) is 69.0 Å². The second-order valence-corrected chi connectivity index (χ2v) is 10.0. The van der Waals surface area contributed by atoms with E-state index >= 15 is 0 Å². The number of aliphatic imine (C=N–C) groups is 1. The Labute approximate surface area is 187 Å². The first kappa shape index (κ1) is 21.4. The number of halogens is 2. The predicted molar refractivity (Wildman–Crippen MR) is 127 cm³/mol. The van der Waals surface area contributed by atoms with E-state index < -0.39 is 0 Å². The highest BCUT2D eigenvalue weighted by Crippen LogP contribution is 2.37. The molecule has 2 heterocycles. The number of thioether (sulfide) groups is 1. The van der Waals surface area contributed by atoms with Gasteiger partial charge in [-0.25, -0.2) is 0 Å². The molecule has 2 N–H and O–H groups in total. The summed E-state index contributed by atoms with van der Waals surface area (Å²) < 4.78 is 2.11. The van der Waals surface area contributed by atoms with E-state index in [0.29, 0.717) is 11.6 Å². The number of amidine groups is 1. The Hall–Kier alpha value is -1.34. The third-order valence-electron chi connectivity index (χ3n) is 4.84. The van der Waals surface area contributed by atoms with Gasteiger partial charge >= 0.3 is 0 Å². The van der Waals surface area contributed by atoms with E-state index in [4.69, 9.17) is 5.73 Å². The van der Waals surface area contributed by atoms with Gasteiger partial charge in [0.15, 0.2) is 11.0 Å². The third-order valence-corrected chi connectivity index (χ3v) is 7.25. The standard InChI is InChI=1S/C21H19BrN2OS2.ClH/c1-21(6-7-26-20(23)24-21)15-8-13(9-16(22)12-15)10-17(25)19-11-14-4-2-3-5-18(14)27-19;/h2-5,8-9,11-12H,6-7,10H2,1H3,(H2,23,24);1H. The summed E-state index contributed by atoms with van der Waals surface area (Å²) in [7, 11) is 0. The van der Waals surface area contributed by atoms with Crippen LogP contribution in [0.25, 0.3) is 10.1 Å². The number of thiophene rings is 1. The summed E-state index contributed by atoms with van der Waals surface area (Å²) in [4.78, 5) is 18.4. The number of ketones is 1. The molecule has 1 atom stereocenters. The predicted octanol–water partition coefficient (Wildman–Crippen LogP) is 6.18. The number of carbonyl (C=O) groups is 1. The quantitative estimate of drug-likeness (QED) is 0.440. The normalized spacial score (nSPS) is 19.1. The molecule has 2 aromatic carbocycles. The lowest BCUT2D eigenvalue weighted by atomic mass is 9.88. The summed E-state index contributed by atoms with van der Waals surface area (Å²) in [6.07, 6.45) is 1.31. The average Bonchev–Trinajstić information content (AvgIpc) is 3.05. The van der Waals surface area contributed by atoms with E-state index in [1.165, 1.54) is 0 Å². The zero-order chi connectivity index (χ0) is 19.0. The number of benzene rings is 2. The number of nitrogens with two attached hydrogens (primary N) is 1. The number of carbonyl (C=O) groups excluding carboxylic acids is 1. The molecule has 3 aromatic rings. The van der Waals surface area contributed by atoms with Crippen LogP contribution in [-0.4, -0.2) is 16.7 Å². The van der Waals surface area contributed by atoms with Crippen molar-refractivity contribution < 1.29 is 4.79 Å². The zero-order valence-electron chi connectivity index (χ0n) is 15.3. The van der Waals surface area contributed by atoms with E-state index in [9.17, 15) is 4.79 Å². The van der Waals surface area contributed by atoms with Crippen LogP contribution in [0.15, 0.2) is 58.0 Å². The van der Waals surface area contributed by atoms with Gasteiger partial charge in [0.2, 0.25) is 0 Å². The fourth-order valence-corrected chi connectivity index (χ4v) is 5.87. The van der Waals surface area contributed by atoms with Gasteiger partial charge in [-0.15, -0.1) is 23.7 Å². The molecule has 0 bridgehead atoms. The molecular formula is C21H20BrClN2OS2. The molecule has 0 saturated carbocycles. The average molecular weight is 496 g/mol. The summed E-state index contributed by atoms with van der Waals surface area (Å²) in [5.41, 5.74) is 7.72. The van der Waals surface area contributed by atoms with Crippen molar-refractivity contribution in [1.82, 2.24) is 0 Å². The van der Waals surface area contributed by atoms with Crippen molar-refractivity contribution in [3.8, 4) is 0 Å². The van der Waals surface area contributed by atoms with E-state index in [1.54, 1.807) is 23.1 Å². The molecule has 0 radical (unpaired) electrons. The monoisotopic (exact) mass is 494 g/mol. The van der Waals surface area contributed by atoms with E-state index in [0.717, 1.165) is 42.7 Å². The number of rotatable bonds is 4. The summed E-state index contributed by atoms with van der Waals surface area (Å²) in [6.45, 7) is 2.11. The fraction of sp³-hybridized carbons (Fsp3) is 0.238. The van der Waals surface area contributed by atoms with E-state index in [1.807, 2.05) is 30.3 Å². The highest BCUT2D eigenvalue weighted by Gasteiger charge is 2.30. The molecule has 1 aliphatic rings. The van der Waals surface area contributed by atoms with Gasteiger partial charge in [-0.2, -0.15) is 0 Å². The van der Waals surface area contributed by atoms with Crippen LogP contribution in [0, 0.1) is 0 Å². The highest BCUT2D eigenvalue weighted by molar-refractivity contribution is 9.10. The van der Waals surface area contributed by atoms with Crippen molar-refractivity contribution >= 4 is 72.5 Å². The summed E-state index contributed by atoms with van der Waals surface area (Å²) in [6, 6.07) is 16.3. The Balaban J connectivity index is 0.00000225. The molecule has 4 rings (SSSR count). The lowest BCUT2D eigenvalue weighted by molar-refractivity contribution is 0.0997. The first-order chi connectivity index (χ1) is 12.9. The lowest BCUT2D eigenvalue weighted by Crippen LogP contribution is -2.28. The first-order valence-corrected chi connectivity index (χ1v) is 11.3. The van der Waals surface area contributed by atoms with E-state index in [-0.39, 0.29) is 23.7 Å². The fourth-order valence-electron chi connectivity index (χ4n) is 3.35. The molecule has 0 amide bonds. The number of hydrogen-bond donors (Lipinski definition) is 1. The van der Waals surface area contributed by atoms with Crippen LogP contribution in [0.1, 0.15) is 34.1 Å². The van der Waals surface area contributed by atoms with Gasteiger partial charge < -0.3 is 5.73 Å². The second kappa shape index (κ2) is 8.57. The number of hydrogen-bond acceptors (Lipinski definition) is 5. The molecule has 28 heavy (non-hydrogen) atoms. The van der Waals surface area contributed by atoms with Gasteiger partial charge in [-0.3, -0.25) is 9.79 Å². The van der Waals surface area contributed by atoms with Crippen molar-refractivity contribution in [2.24, 2.45) is 10.7 Å². The summed E-state index contributed by atoms with van der Waals surface area (Å²) in [5.74, 6) is 1.10. The van der Waals surface area contributed by atoms with Crippen molar-refractivity contribution in [1.29, 1.82) is 0 Å². The molecular weight excluding hydrogens is 476 g/mol. The van der Waals surface area contributed by atoms with Crippen LogP contribution in [0.2, 0.25) is 0 Å². The second-order valence-electron chi connectivity index (χ2n) is 6.92. The molecule has 3 nitrogen and oxygen atoms in total. The molecule has 0 spiro atoms. The van der Waals surface area contributed by atoms with Crippen LogP contribution in [-0.2, 0) is 12.0 Å². The molecule has 0 aliphatic carbocycles. The van der Waals surface area contributed by atoms with Crippen LogP contribution in [0.3, 0.4) is 0 Å². The Morgan fingerprint density at radius 1 is 1.25 bits per heavy atom. The number of fused-ring (bicyclic) bond motifs is 1. The third kappa shape index (κ3) is 4.46. The van der Waals surface area contributed by atoms with Gasteiger partial charge in [0, 0.05) is 21.3 Å². The van der Waals surface area contributed by atoms with Crippen molar-refractivity contribution in [3.63, 3.8) is 0 Å². The van der Waals surface area contributed by atoms with Crippen LogP contribution < -0.4 is 5.73 Å². The number of nitrogens with zero attached hydrogens (tertiary/aromatic N) is 1. The highest BCUT2D eigenvalue weighted by atomic mass is 79.9. The maximum Gasteiger partial charge on any atom is 0.177 e. The zero-order valence-corrected chi connectivity index (χ0v) is 19.3. The molecule has 7 heteroatoms. The van der Waals surface area contributed by atoms with E-state index in [2.05, 4.69) is 46.0 Å². The molecule has 1 unspecified atom stereocenters. The SMILES string of the molecule is CC1(c2cc(Br)cc(CC(=O)c3cc4ccccc4s3)c2)CCSC(N)=N1.Cl. The maximum absolute atomic E-state index is 12.9. The molecule has 1 aliphatic heterocycles. The van der Waals surface area contributed by atoms with Gasteiger partial charge in [-0.05, 0) is 54.1 Å². The van der Waals surface area contributed by atoms with Gasteiger partial charge in [0.25, 0.3) is 0 Å². The van der Waals surface area contributed by atoms with Crippen LogP contribution in [0.4, 0.5) is 0 Å². The number of Topliss-reactive ketones (excluding diaryl/α,β-unsaturated/α-hetero) is 1. The first-order valence-electron chi connectivity index (χ1n) is 8.73. The lowest BCUT2D eigenvalue weighted by Gasteiger charge is -2.30. The maximum atomic E-state index is 12.9. The molecule has 1 aromatic heterocycles. The topological polar surface area (TPSA) is 55.5 Å². The van der Waals surface area contributed by atoms with Gasteiger partial charge in [-0.1, -0.05) is 52.0 Å². The largest absolute Gasteiger partial charge is 0.379 e. The summed E-state index contributed by atoms with van der Waals surface area (Å²) >= 11 is 6.75. The molecule has 0 saturated heterocycles.